The zero-order chi connectivity index (χ0) is 18.1. The van der Waals surface area contributed by atoms with E-state index in [-0.39, 0.29) is 4.90 Å². The molecule has 0 bridgehead atoms. The largest absolute Gasteiger partial charge is 0.274 e. The van der Waals surface area contributed by atoms with E-state index in [0.29, 0.717) is 6.42 Å². The fraction of sp³-hybridized carbons (Fsp3) is 0.200. The second-order valence-corrected chi connectivity index (χ2v) is 6.63. The van der Waals surface area contributed by atoms with Crippen LogP contribution in [0.25, 0.3) is 0 Å². The standard InChI is InChI=1S/C15H12F5NO2S/c1-2-3-8-4-6-9(7-5-8)24(22,23)21-15-13(19)11(17)10(16)12(18)14(15)20/h4-7,21H,2-3H2,1H3. The number of benzene rings is 2. The van der Waals surface area contributed by atoms with E-state index in [1.54, 1.807) is 0 Å². The van der Waals surface area contributed by atoms with Gasteiger partial charge in [-0.1, -0.05) is 25.5 Å². The third-order valence-electron chi connectivity index (χ3n) is 3.22. The monoisotopic (exact) mass is 365 g/mol. The summed E-state index contributed by atoms with van der Waals surface area (Å²) in [5.41, 5.74) is -0.781. The van der Waals surface area contributed by atoms with Gasteiger partial charge in [0.1, 0.15) is 5.69 Å². The molecule has 0 aliphatic rings. The second kappa shape index (κ2) is 6.76. The Kier molecular flexibility index (Phi) is 5.12. The number of nitrogens with one attached hydrogen (secondary N) is 1. The first-order valence-corrected chi connectivity index (χ1v) is 8.30. The van der Waals surface area contributed by atoms with Crippen LogP contribution in [-0.4, -0.2) is 8.42 Å². The summed E-state index contributed by atoms with van der Waals surface area (Å²) < 4.78 is 91.9. The zero-order valence-corrected chi connectivity index (χ0v) is 13.2. The van der Waals surface area contributed by atoms with Crippen LogP contribution in [-0.2, 0) is 16.4 Å². The molecule has 0 fully saturated rings. The van der Waals surface area contributed by atoms with Crippen molar-refractivity contribution in [3.63, 3.8) is 0 Å². The van der Waals surface area contributed by atoms with E-state index < -0.39 is 44.8 Å². The average molecular weight is 365 g/mol. The Morgan fingerprint density at radius 3 is 1.75 bits per heavy atom. The Bertz CT molecular complexity index is 837. The van der Waals surface area contributed by atoms with Gasteiger partial charge in [-0.25, -0.2) is 30.4 Å². The highest BCUT2D eigenvalue weighted by Gasteiger charge is 2.28. The van der Waals surface area contributed by atoms with Gasteiger partial charge in [-0.05, 0) is 24.1 Å². The summed E-state index contributed by atoms with van der Waals surface area (Å²) in [6, 6.07) is 5.35. The van der Waals surface area contributed by atoms with Crippen molar-refractivity contribution in [3.8, 4) is 0 Å². The SMILES string of the molecule is CCCc1ccc(S(=O)(=O)Nc2c(F)c(F)c(F)c(F)c2F)cc1. The van der Waals surface area contributed by atoms with Crippen molar-refractivity contribution < 1.29 is 30.4 Å². The first kappa shape index (κ1) is 18.2. The third-order valence-corrected chi connectivity index (χ3v) is 4.58. The van der Waals surface area contributed by atoms with Crippen molar-refractivity contribution in [1.29, 1.82) is 0 Å². The second-order valence-electron chi connectivity index (χ2n) is 4.94. The lowest BCUT2D eigenvalue weighted by Gasteiger charge is -2.12. The first-order chi connectivity index (χ1) is 11.2. The molecule has 9 heteroatoms. The summed E-state index contributed by atoms with van der Waals surface area (Å²) in [4.78, 5) is -0.369. The van der Waals surface area contributed by atoms with E-state index in [1.165, 1.54) is 29.0 Å². The van der Waals surface area contributed by atoms with Crippen LogP contribution in [0.4, 0.5) is 27.6 Å². The Morgan fingerprint density at radius 1 is 0.833 bits per heavy atom. The van der Waals surface area contributed by atoms with Gasteiger partial charge in [-0.2, -0.15) is 0 Å². The lowest BCUT2D eigenvalue weighted by atomic mass is 10.1. The number of halogens is 5. The molecule has 0 aromatic heterocycles. The fourth-order valence-corrected chi connectivity index (χ4v) is 3.07. The van der Waals surface area contributed by atoms with Crippen LogP contribution >= 0.6 is 0 Å². The number of rotatable bonds is 5. The highest BCUT2D eigenvalue weighted by Crippen LogP contribution is 2.29. The molecule has 0 heterocycles. The third kappa shape index (κ3) is 3.35. The summed E-state index contributed by atoms with van der Waals surface area (Å²) in [7, 11) is -4.52. The van der Waals surface area contributed by atoms with Gasteiger partial charge in [0, 0.05) is 0 Å². The predicted octanol–water partition coefficient (Wildman–Crippen LogP) is 4.14. The smallest absolute Gasteiger partial charge is 0.262 e. The normalized spacial score (nSPS) is 11.6. The number of aryl methyl sites for hydroxylation is 1. The molecule has 24 heavy (non-hydrogen) atoms. The minimum atomic E-state index is -4.52. The highest BCUT2D eigenvalue weighted by atomic mass is 32.2. The molecule has 2 rings (SSSR count). The Balaban J connectivity index is 2.43. The van der Waals surface area contributed by atoms with Crippen LogP contribution in [0.5, 0.6) is 0 Å². The molecule has 0 aliphatic carbocycles. The van der Waals surface area contributed by atoms with Crippen LogP contribution in [0.1, 0.15) is 18.9 Å². The van der Waals surface area contributed by atoms with Crippen molar-refractivity contribution in [2.24, 2.45) is 0 Å². The summed E-state index contributed by atoms with van der Waals surface area (Å²) in [6.07, 6.45) is 1.53. The fourth-order valence-electron chi connectivity index (χ4n) is 2.01. The summed E-state index contributed by atoms with van der Waals surface area (Å²) in [5.74, 6) is -11.3. The summed E-state index contributed by atoms with van der Waals surface area (Å²) in [5, 5.41) is 0. The van der Waals surface area contributed by atoms with Crippen molar-refractivity contribution in [1.82, 2.24) is 0 Å². The first-order valence-electron chi connectivity index (χ1n) is 6.82. The molecule has 1 N–H and O–H groups in total. The van der Waals surface area contributed by atoms with E-state index in [2.05, 4.69) is 0 Å². The molecule has 0 saturated carbocycles. The van der Waals surface area contributed by atoms with E-state index in [4.69, 9.17) is 0 Å². The van der Waals surface area contributed by atoms with Crippen molar-refractivity contribution in [2.75, 3.05) is 4.72 Å². The zero-order valence-electron chi connectivity index (χ0n) is 12.3. The van der Waals surface area contributed by atoms with Crippen LogP contribution in [0.3, 0.4) is 0 Å². The van der Waals surface area contributed by atoms with E-state index in [1.807, 2.05) is 6.92 Å². The van der Waals surface area contributed by atoms with Crippen LogP contribution in [0, 0.1) is 29.1 Å². The Labute approximate surface area is 135 Å². The maximum absolute atomic E-state index is 13.6. The highest BCUT2D eigenvalue weighted by molar-refractivity contribution is 7.92. The number of anilines is 1. The molecule has 0 saturated heterocycles. The van der Waals surface area contributed by atoms with Crippen LogP contribution in [0.15, 0.2) is 29.2 Å². The van der Waals surface area contributed by atoms with Crippen LogP contribution < -0.4 is 4.72 Å². The summed E-state index contributed by atoms with van der Waals surface area (Å²) >= 11 is 0. The van der Waals surface area contributed by atoms with Gasteiger partial charge in [-0.15, -0.1) is 0 Å². The molecule has 0 amide bonds. The summed E-state index contributed by atoms with van der Waals surface area (Å²) in [6.45, 7) is 1.93. The van der Waals surface area contributed by atoms with Gasteiger partial charge in [0.2, 0.25) is 5.82 Å². The van der Waals surface area contributed by atoms with Gasteiger partial charge in [0.25, 0.3) is 10.0 Å². The molecule has 2 aromatic carbocycles. The molecule has 0 atom stereocenters. The maximum atomic E-state index is 13.6. The van der Waals surface area contributed by atoms with Crippen molar-refractivity contribution in [3.05, 3.63) is 58.9 Å². The molecule has 130 valence electrons. The lowest BCUT2D eigenvalue weighted by molar-refractivity contribution is 0.382. The van der Waals surface area contributed by atoms with Crippen LogP contribution in [0.2, 0.25) is 0 Å². The molecule has 0 spiro atoms. The molecule has 0 unspecified atom stereocenters. The van der Waals surface area contributed by atoms with E-state index in [0.717, 1.165) is 12.0 Å². The van der Waals surface area contributed by atoms with Gasteiger partial charge >= 0.3 is 0 Å². The number of hydrogen-bond acceptors (Lipinski definition) is 2. The maximum Gasteiger partial charge on any atom is 0.262 e. The topological polar surface area (TPSA) is 46.2 Å². The van der Waals surface area contributed by atoms with E-state index in [9.17, 15) is 30.4 Å². The number of sulfonamides is 1. The molecule has 0 radical (unpaired) electrons. The van der Waals surface area contributed by atoms with Crippen molar-refractivity contribution in [2.45, 2.75) is 24.7 Å². The molecular formula is C15H12F5NO2S. The van der Waals surface area contributed by atoms with Gasteiger partial charge in [0.15, 0.2) is 23.3 Å². The molecule has 0 aliphatic heterocycles. The average Bonchev–Trinajstić information content (AvgIpc) is 2.56. The molecule has 2 aromatic rings. The molecular weight excluding hydrogens is 353 g/mol. The predicted molar refractivity (Wildman–Crippen MR) is 77.5 cm³/mol. The minimum absolute atomic E-state index is 0.369. The Morgan fingerprint density at radius 2 is 1.29 bits per heavy atom. The van der Waals surface area contributed by atoms with Gasteiger partial charge in [-0.3, -0.25) is 4.72 Å². The van der Waals surface area contributed by atoms with Crippen molar-refractivity contribution >= 4 is 15.7 Å². The quantitative estimate of drug-likeness (QED) is 0.492. The Hall–Kier alpha value is -2.16. The lowest BCUT2D eigenvalue weighted by Crippen LogP contribution is -2.17. The number of hydrogen-bond donors (Lipinski definition) is 1. The van der Waals surface area contributed by atoms with E-state index >= 15 is 0 Å². The van der Waals surface area contributed by atoms with Gasteiger partial charge < -0.3 is 0 Å². The minimum Gasteiger partial charge on any atom is -0.274 e. The van der Waals surface area contributed by atoms with Gasteiger partial charge in [0.05, 0.1) is 4.90 Å². The molecule has 3 nitrogen and oxygen atoms in total.